The number of ether oxygens (including phenoxy) is 1. The molecule has 124 valence electrons. The summed E-state index contributed by atoms with van der Waals surface area (Å²) in [7, 11) is 0. The zero-order valence-electron chi connectivity index (χ0n) is 13.5. The van der Waals surface area contributed by atoms with Gasteiger partial charge in [-0.05, 0) is 23.6 Å². The van der Waals surface area contributed by atoms with Crippen LogP contribution in [-0.4, -0.2) is 53.5 Å². The summed E-state index contributed by atoms with van der Waals surface area (Å²) in [5.74, 6) is 0.776. The number of para-hydroxylation sites is 2. The van der Waals surface area contributed by atoms with Crippen LogP contribution >= 0.6 is 11.3 Å². The maximum Gasteiger partial charge on any atom is 0.230 e. The quantitative estimate of drug-likeness (QED) is 0.670. The second-order valence-electron chi connectivity index (χ2n) is 5.78. The fourth-order valence-corrected chi connectivity index (χ4v) is 3.52. The number of rotatable bonds is 5. The minimum atomic E-state index is 0.776. The van der Waals surface area contributed by atoms with Gasteiger partial charge in [0.05, 0.1) is 24.2 Å². The molecule has 0 atom stereocenters. The van der Waals surface area contributed by atoms with Crippen molar-refractivity contribution in [2.24, 2.45) is 4.99 Å². The Morgan fingerprint density at radius 3 is 2.83 bits per heavy atom. The molecule has 1 aliphatic heterocycles. The third-order valence-electron chi connectivity index (χ3n) is 4.23. The van der Waals surface area contributed by atoms with Crippen molar-refractivity contribution in [3.8, 4) is 0 Å². The van der Waals surface area contributed by atoms with Crippen LogP contribution in [0.25, 0.3) is 11.0 Å². The van der Waals surface area contributed by atoms with Crippen LogP contribution in [0.5, 0.6) is 0 Å². The number of fused-ring (bicyclic) bond motifs is 1. The predicted molar refractivity (Wildman–Crippen MR) is 98.6 cm³/mol. The van der Waals surface area contributed by atoms with E-state index in [2.05, 4.69) is 38.0 Å². The first-order chi connectivity index (χ1) is 11.9. The van der Waals surface area contributed by atoms with E-state index in [1.807, 2.05) is 24.4 Å². The Bertz CT molecular complexity index is 819. The van der Waals surface area contributed by atoms with E-state index < -0.39 is 0 Å². The third-order valence-corrected chi connectivity index (χ3v) is 5.04. The van der Waals surface area contributed by atoms with Crippen molar-refractivity contribution >= 4 is 34.5 Å². The molecule has 0 aliphatic carbocycles. The number of hydrogen-bond acceptors (Lipinski definition) is 5. The van der Waals surface area contributed by atoms with Crippen LogP contribution in [-0.2, 0) is 11.3 Å². The summed E-state index contributed by atoms with van der Waals surface area (Å²) >= 11 is 1.68. The van der Waals surface area contributed by atoms with E-state index in [1.54, 1.807) is 11.3 Å². The molecular weight excluding hydrogens is 320 g/mol. The summed E-state index contributed by atoms with van der Waals surface area (Å²) < 4.78 is 7.64. The average Bonchev–Trinajstić information content (AvgIpc) is 3.26. The molecule has 1 saturated heterocycles. The van der Waals surface area contributed by atoms with Crippen molar-refractivity contribution < 1.29 is 4.74 Å². The SMILES string of the molecule is C(=Nc1nc2ccccc2n1CCN1CCOCC1)c1cccs1. The minimum Gasteiger partial charge on any atom is -0.379 e. The monoisotopic (exact) mass is 340 g/mol. The highest BCUT2D eigenvalue weighted by atomic mass is 32.1. The summed E-state index contributed by atoms with van der Waals surface area (Å²) in [6.45, 7) is 5.53. The Balaban J connectivity index is 1.60. The van der Waals surface area contributed by atoms with Crippen LogP contribution < -0.4 is 0 Å². The maximum absolute atomic E-state index is 5.43. The van der Waals surface area contributed by atoms with Gasteiger partial charge in [-0.2, -0.15) is 0 Å². The Morgan fingerprint density at radius 1 is 1.12 bits per heavy atom. The van der Waals surface area contributed by atoms with Gasteiger partial charge in [0, 0.05) is 37.3 Å². The molecule has 0 amide bonds. The molecule has 6 heteroatoms. The molecule has 0 spiro atoms. The number of hydrogen-bond donors (Lipinski definition) is 0. The zero-order valence-corrected chi connectivity index (χ0v) is 14.3. The Kier molecular flexibility index (Phi) is 4.69. The van der Waals surface area contributed by atoms with E-state index in [-0.39, 0.29) is 0 Å². The number of benzene rings is 1. The van der Waals surface area contributed by atoms with E-state index >= 15 is 0 Å². The second kappa shape index (κ2) is 7.25. The number of aliphatic imine (C=N–C) groups is 1. The van der Waals surface area contributed by atoms with E-state index in [1.165, 1.54) is 0 Å². The molecule has 0 unspecified atom stereocenters. The van der Waals surface area contributed by atoms with Gasteiger partial charge >= 0.3 is 0 Å². The fourth-order valence-electron chi connectivity index (χ4n) is 2.93. The van der Waals surface area contributed by atoms with Crippen LogP contribution in [0.3, 0.4) is 0 Å². The lowest BCUT2D eigenvalue weighted by atomic mass is 10.3. The average molecular weight is 340 g/mol. The maximum atomic E-state index is 5.43. The first-order valence-corrected chi connectivity index (χ1v) is 9.11. The summed E-state index contributed by atoms with van der Waals surface area (Å²) in [5.41, 5.74) is 2.14. The van der Waals surface area contributed by atoms with Gasteiger partial charge in [0.25, 0.3) is 0 Å². The Hall–Kier alpha value is -2.02. The molecule has 4 rings (SSSR count). The molecule has 0 saturated carbocycles. The topological polar surface area (TPSA) is 42.7 Å². The smallest absolute Gasteiger partial charge is 0.230 e. The molecular formula is C18H20N4OS. The summed E-state index contributed by atoms with van der Waals surface area (Å²) in [6, 6.07) is 12.3. The minimum absolute atomic E-state index is 0.776. The molecule has 1 aliphatic rings. The zero-order chi connectivity index (χ0) is 16.2. The molecule has 5 nitrogen and oxygen atoms in total. The van der Waals surface area contributed by atoms with Gasteiger partial charge in [0.15, 0.2) is 0 Å². The first-order valence-electron chi connectivity index (χ1n) is 8.23. The van der Waals surface area contributed by atoms with Crippen molar-refractivity contribution in [1.29, 1.82) is 0 Å². The van der Waals surface area contributed by atoms with E-state index in [0.29, 0.717) is 0 Å². The molecule has 1 aromatic carbocycles. The largest absolute Gasteiger partial charge is 0.379 e. The van der Waals surface area contributed by atoms with Crippen molar-refractivity contribution in [2.75, 3.05) is 32.8 Å². The third kappa shape index (κ3) is 3.40. The normalized spacial score (nSPS) is 16.3. The van der Waals surface area contributed by atoms with Crippen LogP contribution in [0.15, 0.2) is 46.8 Å². The van der Waals surface area contributed by atoms with Gasteiger partial charge in [-0.3, -0.25) is 4.90 Å². The Morgan fingerprint density at radius 2 is 2.00 bits per heavy atom. The van der Waals surface area contributed by atoms with E-state index in [4.69, 9.17) is 9.72 Å². The van der Waals surface area contributed by atoms with E-state index in [0.717, 1.165) is 61.3 Å². The molecule has 3 aromatic rings. The van der Waals surface area contributed by atoms with Crippen molar-refractivity contribution in [2.45, 2.75) is 6.54 Å². The highest BCUT2D eigenvalue weighted by Gasteiger charge is 2.13. The lowest BCUT2D eigenvalue weighted by Crippen LogP contribution is -2.38. The molecule has 0 bridgehead atoms. The van der Waals surface area contributed by atoms with Gasteiger partial charge in [-0.15, -0.1) is 11.3 Å². The fraction of sp³-hybridized carbons (Fsp3) is 0.333. The predicted octanol–water partition coefficient (Wildman–Crippen LogP) is 3.18. The molecule has 24 heavy (non-hydrogen) atoms. The van der Waals surface area contributed by atoms with Gasteiger partial charge in [0.1, 0.15) is 0 Å². The van der Waals surface area contributed by atoms with Crippen LogP contribution in [0.2, 0.25) is 0 Å². The van der Waals surface area contributed by atoms with Gasteiger partial charge in [-0.1, -0.05) is 18.2 Å². The molecule has 2 aromatic heterocycles. The van der Waals surface area contributed by atoms with Crippen LogP contribution in [0, 0.1) is 0 Å². The van der Waals surface area contributed by atoms with Crippen molar-refractivity contribution in [1.82, 2.24) is 14.5 Å². The summed E-state index contributed by atoms with van der Waals surface area (Å²) in [6.07, 6.45) is 1.90. The Labute approximate surface area is 145 Å². The number of nitrogens with zero attached hydrogens (tertiary/aromatic N) is 4. The van der Waals surface area contributed by atoms with Gasteiger partial charge in [0.2, 0.25) is 5.95 Å². The summed E-state index contributed by atoms with van der Waals surface area (Å²) in [5, 5.41) is 2.06. The number of morpholine rings is 1. The van der Waals surface area contributed by atoms with Gasteiger partial charge < -0.3 is 9.30 Å². The molecule has 1 fully saturated rings. The number of thiophene rings is 1. The molecule has 3 heterocycles. The van der Waals surface area contributed by atoms with Crippen molar-refractivity contribution in [3.05, 3.63) is 46.7 Å². The highest BCUT2D eigenvalue weighted by molar-refractivity contribution is 7.11. The summed E-state index contributed by atoms with van der Waals surface area (Å²) in [4.78, 5) is 12.9. The lowest BCUT2D eigenvalue weighted by molar-refractivity contribution is 0.0366. The van der Waals surface area contributed by atoms with Crippen molar-refractivity contribution in [3.63, 3.8) is 0 Å². The molecule has 0 N–H and O–H groups in total. The van der Waals surface area contributed by atoms with Crippen LogP contribution in [0.4, 0.5) is 5.95 Å². The highest BCUT2D eigenvalue weighted by Crippen LogP contribution is 2.22. The molecule has 0 radical (unpaired) electrons. The van der Waals surface area contributed by atoms with E-state index in [9.17, 15) is 0 Å². The number of aromatic nitrogens is 2. The van der Waals surface area contributed by atoms with Gasteiger partial charge in [-0.25, -0.2) is 9.98 Å². The van der Waals surface area contributed by atoms with Crippen LogP contribution in [0.1, 0.15) is 4.88 Å². The lowest BCUT2D eigenvalue weighted by Gasteiger charge is -2.26. The first kappa shape index (κ1) is 15.5. The second-order valence-corrected chi connectivity index (χ2v) is 6.76. The standard InChI is InChI=1S/C18H20N4OS/c1-2-6-17-16(5-1)20-18(19-14-15-4-3-13-24-15)22(17)8-7-21-9-11-23-12-10-21/h1-6,13-14H,7-12H2. The number of imidazole rings is 1.